The molecule has 2 nitrogen and oxygen atoms in total. The fraction of sp³-hybridized carbons (Fsp3) is 0.600. The molecule has 78 valence electrons. The minimum absolute atomic E-state index is 0.463. The fourth-order valence-electron chi connectivity index (χ4n) is 1.05. The lowest BCUT2D eigenvalue weighted by Crippen LogP contribution is -1.91. The lowest BCUT2D eigenvalue weighted by Gasteiger charge is -1.99. The summed E-state index contributed by atoms with van der Waals surface area (Å²) in [6, 6.07) is 3.72. The van der Waals surface area contributed by atoms with Crippen molar-refractivity contribution in [3.05, 3.63) is 23.0 Å². The molecule has 0 saturated heterocycles. The largest absolute Gasteiger partial charge is 0.155 e. The Morgan fingerprint density at radius 1 is 1.29 bits per heavy atom. The van der Waals surface area contributed by atoms with Crippen LogP contribution in [0.3, 0.4) is 0 Å². The Morgan fingerprint density at radius 2 is 2.14 bits per heavy atom. The van der Waals surface area contributed by atoms with Crippen molar-refractivity contribution in [2.24, 2.45) is 0 Å². The highest BCUT2D eigenvalue weighted by molar-refractivity contribution is 7.98. The predicted molar refractivity (Wildman–Crippen MR) is 62.7 cm³/mol. The Labute approximate surface area is 94.5 Å². The molecule has 0 atom stereocenters. The summed E-state index contributed by atoms with van der Waals surface area (Å²) in [7, 11) is 0. The van der Waals surface area contributed by atoms with Crippen LogP contribution in [0.4, 0.5) is 0 Å². The van der Waals surface area contributed by atoms with Gasteiger partial charge in [-0.2, -0.15) is 16.9 Å². The van der Waals surface area contributed by atoms with E-state index in [0.717, 1.165) is 11.4 Å². The van der Waals surface area contributed by atoms with E-state index in [2.05, 4.69) is 17.1 Å². The molecule has 0 bridgehead atoms. The number of unbranched alkanes of at least 4 members (excludes halogenated alkanes) is 2. The first-order chi connectivity index (χ1) is 6.83. The molecule has 0 aromatic carbocycles. The highest BCUT2D eigenvalue weighted by Gasteiger charge is 1.96. The molecular weight excluding hydrogens is 216 g/mol. The summed E-state index contributed by atoms with van der Waals surface area (Å²) in [5, 5.41) is 8.25. The Morgan fingerprint density at radius 3 is 2.79 bits per heavy atom. The molecule has 0 aliphatic carbocycles. The Bertz CT molecular complexity index is 251. The molecule has 0 radical (unpaired) electrons. The average Bonchev–Trinajstić information content (AvgIpc) is 2.21. The van der Waals surface area contributed by atoms with Crippen LogP contribution in [0, 0.1) is 0 Å². The van der Waals surface area contributed by atoms with E-state index in [1.807, 2.05) is 17.8 Å². The molecule has 0 aliphatic heterocycles. The number of rotatable bonds is 6. The van der Waals surface area contributed by atoms with Gasteiger partial charge in [-0.25, -0.2) is 0 Å². The van der Waals surface area contributed by atoms with Crippen molar-refractivity contribution in [3.63, 3.8) is 0 Å². The summed E-state index contributed by atoms with van der Waals surface area (Å²) in [6.07, 6.45) is 3.89. The Balaban J connectivity index is 2.15. The van der Waals surface area contributed by atoms with Gasteiger partial charge in [0.15, 0.2) is 5.15 Å². The van der Waals surface area contributed by atoms with E-state index < -0.39 is 0 Å². The summed E-state index contributed by atoms with van der Waals surface area (Å²) >= 11 is 7.54. The lowest BCUT2D eigenvalue weighted by molar-refractivity contribution is 0.778. The summed E-state index contributed by atoms with van der Waals surface area (Å²) < 4.78 is 0. The van der Waals surface area contributed by atoms with Crippen molar-refractivity contribution in [2.75, 3.05) is 5.75 Å². The molecule has 1 aromatic rings. The third-order valence-corrected chi connectivity index (χ3v) is 3.11. The summed E-state index contributed by atoms with van der Waals surface area (Å²) in [5.74, 6) is 2.14. The summed E-state index contributed by atoms with van der Waals surface area (Å²) in [6.45, 7) is 2.22. The number of aromatic nitrogens is 2. The quantitative estimate of drug-likeness (QED) is 0.699. The normalized spacial score (nSPS) is 10.4. The second kappa shape index (κ2) is 7.07. The van der Waals surface area contributed by atoms with E-state index in [4.69, 9.17) is 11.6 Å². The van der Waals surface area contributed by atoms with Crippen LogP contribution < -0.4 is 0 Å². The van der Waals surface area contributed by atoms with Crippen molar-refractivity contribution < 1.29 is 0 Å². The predicted octanol–water partition coefficient (Wildman–Crippen LogP) is 3.55. The van der Waals surface area contributed by atoms with Gasteiger partial charge in [0.05, 0.1) is 5.69 Å². The second-order valence-corrected chi connectivity index (χ2v) is 4.60. The van der Waals surface area contributed by atoms with Gasteiger partial charge in [0.1, 0.15) is 0 Å². The molecule has 1 rings (SSSR count). The lowest BCUT2D eigenvalue weighted by atomic mass is 10.3. The van der Waals surface area contributed by atoms with E-state index in [-0.39, 0.29) is 0 Å². The van der Waals surface area contributed by atoms with Crippen LogP contribution in [0.25, 0.3) is 0 Å². The van der Waals surface area contributed by atoms with Gasteiger partial charge in [0.25, 0.3) is 0 Å². The van der Waals surface area contributed by atoms with Crippen LogP contribution >= 0.6 is 23.4 Å². The molecule has 0 aliphatic rings. The highest BCUT2D eigenvalue weighted by atomic mass is 35.5. The maximum Gasteiger partial charge on any atom is 0.151 e. The first-order valence-corrected chi connectivity index (χ1v) is 6.42. The monoisotopic (exact) mass is 230 g/mol. The van der Waals surface area contributed by atoms with Gasteiger partial charge in [-0.05, 0) is 24.3 Å². The molecule has 0 amide bonds. The molecule has 0 N–H and O–H groups in total. The van der Waals surface area contributed by atoms with Gasteiger partial charge in [-0.15, -0.1) is 5.10 Å². The molecule has 0 unspecified atom stereocenters. The average molecular weight is 231 g/mol. The van der Waals surface area contributed by atoms with Crippen LogP contribution in [0.2, 0.25) is 5.15 Å². The first kappa shape index (κ1) is 11.8. The van der Waals surface area contributed by atoms with Gasteiger partial charge in [0, 0.05) is 5.75 Å². The van der Waals surface area contributed by atoms with E-state index in [1.54, 1.807) is 6.07 Å². The fourth-order valence-corrected chi connectivity index (χ4v) is 2.07. The smallest absolute Gasteiger partial charge is 0.151 e. The van der Waals surface area contributed by atoms with E-state index in [9.17, 15) is 0 Å². The molecule has 4 heteroatoms. The van der Waals surface area contributed by atoms with Crippen molar-refractivity contribution in [1.82, 2.24) is 10.2 Å². The van der Waals surface area contributed by atoms with Gasteiger partial charge in [0.2, 0.25) is 0 Å². The zero-order chi connectivity index (χ0) is 10.2. The van der Waals surface area contributed by atoms with Gasteiger partial charge >= 0.3 is 0 Å². The molecule has 1 heterocycles. The van der Waals surface area contributed by atoms with Crippen molar-refractivity contribution in [1.29, 1.82) is 0 Å². The van der Waals surface area contributed by atoms with Gasteiger partial charge < -0.3 is 0 Å². The topological polar surface area (TPSA) is 25.8 Å². The maximum absolute atomic E-state index is 5.63. The Hall–Kier alpha value is -0.280. The van der Waals surface area contributed by atoms with E-state index >= 15 is 0 Å². The molecule has 14 heavy (non-hydrogen) atoms. The third kappa shape index (κ3) is 4.82. The second-order valence-electron chi connectivity index (χ2n) is 3.11. The molecule has 0 fully saturated rings. The van der Waals surface area contributed by atoms with Crippen molar-refractivity contribution >= 4 is 23.4 Å². The molecule has 1 aromatic heterocycles. The summed E-state index contributed by atoms with van der Waals surface area (Å²) in [4.78, 5) is 0. The zero-order valence-corrected chi connectivity index (χ0v) is 9.94. The molecule has 0 saturated carbocycles. The SMILES string of the molecule is CCCCCSCc1ccc(Cl)nn1. The van der Waals surface area contributed by atoms with Crippen LogP contribution in [0.15, 0.2) is 12.1 Å². The molecular formula is C10H15ClN2S. The first-order valence-electron chi connectivity index (χ1n) is 4.88. The van der Waals surface area contributed by atoms with Crippen LogP contribution in [0.1, 0.15) is 31.9 Å². The number of nitrogens with zero attached hydrogens (tertiary/aromatic N) is 2. The van der Waals surface area contributed by atoms with Crippen LogP contribution in [-0.2, 0) is 5.75 Å². The van der Waals surface area contributed by atoms with Crippen LogP contribution in [-0.4, -0.2) is 16.0 Å². The maximum atomic E-state index is 5.63. The summed E-state index contributed by atoms with van der Waals surface area (Å²) in [5.41, 5.74) is 1.01. The standard InChI is InChI=1S/C10H15ClN2S/c1-2-3-4-7-14-8-9-5-6-10(11)13-12-9/h5-6H,2-4,7-8H2,1H3. The van der Waals surface area contributed by atoms with Crippen molar-refractivity contribution in [3.8, 4) is 0 Å². The number of halogens is 1. The number of thioether (sulfide) groups is 1. The minimum atomic E-state index is 0.463. The van der Waals surface area contributed by atoms with Gasteiger partial charge in [-0.1, -0.05) is 31.4 Å². The molecule has 0 spiro atoms. The zero-order valence-electron chi connectivity index (χ0n) is 8.37. The van der Waals surface area contributed by atoms with E-state index in [1.165, 1.54) is 25.0 Å². The Kier molecular flexibility index (Phi) is 5.96. The van der Waals surface area contributed by atoms with E-state index in [0.29, 0.717) is 5.15 Å². The minimum Gasteiger partial charge on any atom is -0.155 e. The third-order valence-electron chi connectivity index (χ3n) is 1.83. The van der Waals surface area contributed by atoms with Crippen LogP contribution in [0.5, 0.6) is 0 Å². The van der Waals surface area contributed by atoms with Crippen molar-refractivity contribution in [2.45, 2.75) is 31.9 Å². The number of hydrogen-bond donors (Lipinski definition) is 0. The highest BCUT2D eigenvalue weighted by Crippen LogP contribution is 2.13. The number of hydrogen-bond acceptors (Lipinski definition) is 3. The van der Waals surface area contributed by atoms with Gasteiger partial charge in [-0.3, -0.25) is 0 Å².